The quantitative estimate of drug-likeness (QED) is 0.432. The van der Waals surface area contributed by atoms with Gasteiger partial charge < -0.3 is 15.2 Å². The van der Waals surface area contributed by atoms with E-state index < -0.39 is 0 Å². The minimum absolute atomic E-state index is 0.0237. The number of hydrogen-bond donors (Lipinski definition) is 2. The number of anilines is 2. The van der Waals surface area contributed by atoms with Crippen LogP contribution in [0.3, 0.4) is 0 Å². The van der Waals surface area contributed by atoms with E-state index in [1.807, 2.05) is 48.9 Å². The number of carbonyl (C=O) groups excluding carboxylic acids is 2. The highest BCUT2D eigenvalue weighted by Gasteiger charge is 2.21. The number of nitriles is 1. The molecule has 35 heavy (non-hydrogen) atoms. The van der Waals surface area contributed by atoms with E-state index in [4.69, 9.17) is 0 Å². The highest BCUT2D eigenvalue weighted by atomic mass is 32.2. The number of carbonyl (C=O) groups is 2. The molecule has 0 bridgehead atoms. The average molecular weight is 494 g/mol. The summed E-state index contributed by atoms with van der Waals surface area (Å²) in [5, 5.41) is 15.4. The first-order chi connectivity index (χ1) is 16.7. The minimum atomic E-state index is -0.348. The molecule has 2 N–H and O–H groups in total. The molecule has 0 atom stereocenters. The van der Waals surface area contributed by atoms with Crippen molar-refractivity contribution in [2.75, 3.05) is 37.0 Å². The van der Waals surface area contributed by atoms with Gasteiger partial charge in [0.15, 0.2) is 0 Å². The molecule has 9 heteroatoms. The van der Waals surface area contributed by atoms with Crippen LogP contribution >= 0.6 is 11.8 Å². The molecule has 3 rings (SSSR count). The van der Waals surface area contributed by atoms with Crippen molar-refractivity contribution in [3.05, 3.63) is 76.7 Å². The van der Waals surface area contributed by atoms with Gasteiger partial charge >= 0.3 is 0 Å². The molecule has 1 aromatic heterocycles. The van der Waals surface area contributed by atoms with E-state index in [1.165, 1.54) is 23.9 Å². The molecule has 0 fully saturated rings. The zero-order chi connectivity index (χ0) is 25.5. The molecule has 0 spiro atoms. The highest BCUT2D eigenvalue weighted by Crippen LogP contribution is 2.27. The van der Waals surface area contributed by atoms with E-state index in [2.05, 4.69) is 16.7 Å². The molecule has 0 saturated heterocycles. The molecule has 1 heterocycles. The first kappa shape index (κ1) is 26.0. The predicted molar refractivity (Wildman–Crippen MR) is 137 cm³/mol. The smallest absolute Gasteiger partial charge is 0.239 e. The maximum absolute atomic E-state index is 13.3. The maximum atomic E-state index is 13.3. The van der Waals surface area contributed by atoms with Crippen molar-refractivity contribution in [3.63, 3.8) is 0 Å². The molecule has 0 aliphatic heterocycles. The number of benzene rings is 2. The van der Waals surface area contributed by atoms with Crippen molar-refractivity contribution in [3.8, 4) is 6.07 Å². The lowest BCUT2D eigenvalue weighted by molar-refractivity contribution is -0.119. The van der Waals surface area contributed by atoms with E-state index in [0.29, 0.717) is 17.9 Å². The number of hydrogen-bond acceptors (Lipinski definition) is 5. The second-order valence-corrected chi connectivity index (χ2v) is 9.08. The van der Waals surface area contributed by atoms with E-state index >= 15 is 0 Å². The van der Waals surface area contributed by atoms with Gasteiger partial charge in [0, 0.05) is 17.1 Å². The van der Waals surface area contributed by atoms with Crippen LogP contribution < -0.4 is 10.6 Å². The SMILES string of the molecule is CSc1ccccc1NC(=O)CN(C)CC(=O)Nc1c(C#N)c(C)c(C)n1Cc1ccc(F)cc1. The van der Waals surface area contributed by atoms with Gasteiger partial charge in [-0.2, -0.15) is 5.26 Å². The molecular formula is C26H28FN5O2S. The molecule has 0 aliphatic carbocycles. The molecule has 0 saturated carbocycles. The molecule has 0 radical (unpaired) electrons. The molecule has 2 aromatic carbocycles. The summed E-state index contributed by atoms with van der Waals surface area (Å²) < 4.78 is 15.1. The van der Waals surface area contributed by atoms with E-state index in [1.54, 1.807) is 24.1 Å². The molecule has 0 unspecified atom stereocenters. The van der Waals surface area contributed by atoms with Gasteiger partial charge in [-0.1, -0.05) is 24.3 Å². The fraction of sp³-hybridized carbons (Fsp3) is 0.269. The summed E-state index contributed by atoms with van der Waals surface area (Å²) in [6, 6.07) is 15.8. The van der Waals surface area contributed by atoms with E-state index in [9.17, 15) is 19.2 Å². The second-order valence-electron chi connectivity index (χ2n) is 8.23. The summed E-state index contributed by atoms with van der Waals surface area (Å²) in [5.41, 5.74) is 3.55. The van der Waals surface area contributed by atoms with Gasteiger partial charge in [0.25, 0.3) is 0 Å². The van der Waals surface area contributed by atoms with Gasteiger partial charge in [-0.05, 0) is 62.5 Å². The molecule has 3 aromatic rings. The van der Waals surface area contributed by atoms with Crippen LogP contribution in [0.2, 0.25) is 0 Å². The summed E-state index contributed by atoms with van der Waals surface area (Å²) in [4.78, 5) is 27.9. The standard InChI is InChI=1S/C26H28FN5O2S/c1-17-18(2)32(14-19-9-11-20(27)12-10-19)26(21(17)13-28)30-25(34)16-31(3)15-24(33)29-22-7-5-6-8-23(22)35-4/h5-12H,14-16H2,1-4H3,(H,29,33)(H,30,34). The van der Waals surface area contributed by atoms with Gasteiger partial charge in [0.1, 0.15) is 17.7 Å². The number of halogens is 1. The number of nitrogens with one attached hydrogen (secondary N) is 2. The summed E-state index contributed by atoms with van der Waals surface area (Å²) in [7, 11) is 1.68. The van der Waals surface area contributed by atoms with Crippen LogP contribution in [-0.4, -0.2) is 47.7 Å². The van der Waals surface area contributed by atoms with Crippen LogP contribution in [-0.2, 0) is 16.1 Å². The third kappa shape index (κ3) is 6.50. The Hall–Kier alpha value is -3.61. The number of amides is 2. The summed E-state index contributed by atoms with van der Waals surface area (Å²) in [6.45, 7) is 4.06. The van der Waals surface area contributed by atoms with Gasteiger partial charge in [-0.3, -0.25) is 14.5 Å². The van der Waals surface area contributed by atoms with Crippen molar-refractivity contribution in [2.45, 2.75) is 25.3 Å². The van der Waals surface area contributed by atoms with Crippen LogP contribution in [0.4, 0.5) is 15.9 Å². The van der Waals surface area contributed by atoms with Gasteiger partial charge in [0.05, 0.1) is 24.3 Å². The number of para-hydroxylation sites is 1. The number of aromatic nitrogens is 1. The molecule has 0 aliphatic rings. The third-order valence-corrected chi connectivity index (χ3v) is 6.46. The largest absolute Gasteiger partial charge is 0.326 e. The van der Waals surface area contributed by atoms with Crippen molar-refractivity contribution in [1.29, 1.82) is 5.26 Å². The van der Waals surface area contributed by atoms with Crippen molar-refractivity contribution in [1.82, 2.24) is 9.47 Å². The van der Waals surface area contributed by atoms with Crippen LogP contribution in [0.5, 0.6) is 0 Å². The number of thioether (sulfide) groups is 1. The monoisotopic (exact) mass is 493 g/mol. The maximum Gasteiger partial charge on any atom is 0.239 e. The zero-order valence-corrected chi connectivity index (χ0v) is 21.0. The highest BCUT2D eigenvalue weighted by molar-refractivity contribution is 7.98. The van der Waals surface area contributed by atoms with Crippen LogP contribution in [0, 0.1) is 31.0 Å². The van der Waals surface area contributed by atoms with Gasteiger partial charge in [-0.25, -0.2) is 4.39 Å². The molecule has 7 nitrogen and oxygen atoms in total. The van der Waals surface area contributed by atoms with Gasteiger partial charge in [-0.15, -0.1) is 11.8 Å². The lowest BCUT2D eigenvalue weighted by atomic mass is 10.2. The molecular weight excluding hydrogens is 465 g/mol. The van der Waals surface area contributed by atoms with Crippen LogP contribution in [0.15, 0.2) is 53.4 Å². The van der Waals surface area contributed by atoms with E-state index in [0.717, 1.165) is 27.4 Å². The van der Waals surface area contributed by atoms with Crippen molar-refractivity contribution in [2.24, 2.45) is 0 Å². The Morgan fingerprint density at radius 1 is 1.06 bits per heavy atom. The van der Waals surface area contributed by atoms with Crippen molar-refractivity contribution >= 4 is 35.1 Å². The average Bonchev–Trinajstić information content (AvgIpc) is 3.04. The Morgan fingerprint density at radius 2 is 1.69 bits per heavy atom. The summed E-state index contributed by atoms with van der Waals surface area (Å²) in [6.07, 6.45) is 1.94. The van der Waals surface area contributed by atoms with Crippen molar-refractivity contribution < 1.29 is 14.0 Å². The fourth-order valence-electron chi connectivity index (χ4n) is 3.76. The predicted octanol–water partition coefficient (Wildman–Crippen LogP) is 4.39. The first-order valence-electron chi connectivity index (χ1n) is 11.0. The number of rotatable bonds is 9. The zero-order valence-electron chi connectivity index (χ0n) is 20.2. The molecule has 182 valence electrons. The normalized spacial score (nSPS) is 10.8. The Morgan fingerprint density at radius 3 is 2.31 bits per heavy atom. The molecule has 2 amide bonds. The fourth-order valence-corrected chi connectivity index (χ4v) is 4.31. The number of nitrogens with zero attached hydrogens (tertiary/aromatic N) is 3. The minimum Gasteiger partial charge on any atom is -0.326 e. The first-order valence-corrected chi connectivity index (χ1v) is 12.2. The van der Waals surface area contributed by atoms with Crippen LogP contribution in [0.1, 0.15) is 22.4 Å². The van der Waals surface area contributed by atoms with E-state index in [-0.39, 0.29) is 30.7 Å². The Bertz CT molecular complexity index is 1260. The lowest BCUT2D eigenvalue weighted by Crippen LogP contribution is -2.36. The topological polar surface area (TPSA) is 90.2 Å². The van der Waals surface area contributed by atoms with Gasteiger partial charge in [0.2, 0.25) is 11.8 Å². The summed E-state index contributed by atoms with van der Waals surface area (Å²) in [5.74, 6) is -0.516. The van der Waals surface area contributed by atoms with Crippen LogP contribution in [0.25, 0.3) is 0 Å². The Kier molecular flexibility index (Phi) is 8.68. The Labute approximate surface area is 208 Å². The summed E-state index contributed by atoms with van der Waals surface area (Å²) >= 11 is 1.54. The lowest BCUT2D eigenvalue weighted by Gasteiger charge is -2.18. The third-order valence-electron chi connectivity index (χ3n) is 5.66. The Balaban J connectivity index is 1.68. The second kappa shape index (κ2) is 11.7. The number of likely N-dealkylation sites (N-methyl/N-ethyl adjacent to an activating group) is 1.